The summed E-state index contributed by atoms with van der Waals surface area (Å²) < 4.78 is 4.76. The second-order valence-electron chi connectivity index (χ2n) is 5.14. The molecule has 0 radical (unpaired) electrons. The number of para-hydroxylation sites is 1. The molecule has 0 aliphatic carbocycles. The highest BCUT2D eigenvalue weighted by atomic mass is 16.5. The molecule has 108 valence electrons. The average Bonchev–Trinajstić information content (AvgIpc) is 2.48. The molecule has 5 nitrogen and oxygen atoms in total. The zero-order valence-corrected chi connectivity index (χ0v) is 11.7. The standard InChI is InChI=1S/C15H20N2O3/c1-20-15(19)12-7-9-17(10-8-12)11-14(18)16-13-5-3-2-4-6-13/h2-6,12H,7-11H2,1H3,(H,16,18)/p+1. The van der Waals surface area contributed by atoms with E-state index >= 15 is 0 Å². The van der Waals surface area contributed by atoms with E-state index in [0.29, 0.717) is 6.54 Å². The molecule has 0 spiro atoms. The van der Waals surface area contributed by atoms with Crippen molar-refractivity contribution in [2.75, 3.05) is 32.1 Å². The Balaban J connectivity index is 1.75. The monoisotopic (exact) mass is 277 g/mol. The molecule has 1 heterocycles. The van der Waals surface area contributed by atoms with Gasteiger partial charge in [-0.25, -0.2) is 0 Å². The van der Waals surface area contributed by atoms with E-state index in [1.54, 1.807) is 0 Å². The van der Waals surface area contributed by atoms with Gasteiger partial charge >= 0.3 is 5.97 Å². The number of piperidine rings is 1. The average molecular weight is 277 g/mol. The quantitative estimate of drug-likeness (QED) is 0.767. The summed E-state index contributed by atoms with van der Waals surface area (Å²) in [6.45, 7) is 2.12. The SMILES string of the molecule is COC(=O)C1CC[NH+](CC(=O)Nc2ccccc2)CC1. The van der Waals surface area contributed by atoms with Gasteiger partial charge in [-0.1, -0.05) is 18.2 Å². The third-order valence-corrected chi connectivity index (χ3v) is 3.70. The van der Waals surface area contributed by atoms with Crippen LogP contribution in [0.25, 0.3) is 0 Å². The molecule has 2 rings (SSSR count). The Morgan fingerprint density at radius 1 is 1.25 bits per heavy atom. The minimum absolute atomic E-state index is 0.000865. The first kappa shape index (κ1) is 14.5. The van der Waals surface area contributed by atoms with E-state index in [1.807, 2.05) is 30.3 Å². The maximum absolute atomic E-state index is 11.9. The molecule has 2 N–H and O–H groups in total. The van der Waals surface area contributed by atoms with Gasteiger partial charge in [0.1, 0.15) is 0 Å². The third-order valence-electron chi connectivity index (χ3n) is 3.70. The number of esters is 1. The van der Waals surface area contributed by atoms with E-state index in [4.69, 9.17) is 4.74 Å². The first-order valence-corrected chi connectivity index (χ1v) is 6.95. The zero-order chi connectivity index (χ0) is 14.4. The molecule has 5 heteroatoms. The van der Waals surface area contributed by atoms with Crippen LogP contribution in [-0.2, 0) is 14.3 Å². The van der Waals surface area contributed by atoms with Crippen molar-refractivity contribution in [1.82, 2.24) is 0 Å². The molecule has 1 aromatic carbocycles. The topological polar surface area (TPSA) is 59.8 Å². The van der Waals surface area contributed by atoms with Crippen LogP contribution in [0.2, 0.25) is 0 Å². The molecule has 0 atom stereocenters. The summed E-state index contributed by atoms with van der Waals surface area (Å²) in [6.07, 6.45) is 1.58. The van der Waals surface area contributed by atoms with Crippen molar-refractivity contribution in [1.29, 1.82) is 0 Å². The first-order chi connectivity index (χ1) is 9.69. The minimum atomic E-state index is -0.127. The van der Waals surface area contributed by atoms with Crippen LogP contribution < -0.4 is 10.2 Å². The van der Waals surface area contributed by atoms with E-state index in [-0.39, 0.29) is 17.8 Å². The summed E-state index contributed by atoms with van der Waals surface area (Å²) in [5, 5.41) is 2.88. The first-order valence-electron chi connectivity index (χ1n) is 6.95. The maximum Gasteiger partial charge on any atom is 0.309 e. The highest BCUT2D eigenvalue weighted by Gasteiger charge is 2.28. The van der Waals surface area contributed by atoms with Crippen LogP contribution in [0.1, 0.15) is 12.8 Å². The van der Waals surface area contributed by atoms with Crippen LogP contribution in [0.4, 0.5) is 5.69 Å². The van der Waals surface area contributed by atoms with Crippen molar-refractivity contribution in [3.8, 4) is 0 Å². The van der Waals surface area contributed by atoms with Crippen molar-refractivity contribution < 1.29 is 19.2 Å². The normalized spacial score (nSPS) is 22.1. The van der Waals surface area contributed by atoms with Crippen molar-refractivity contribution >= 4 is 17.6 Å². The number of amides is 1. The highest BCUT2D eigenvalue weighted by molar-refractivity contribution is 5.91. The smallest absolute Gasteiger partial charge is 0.309 e. The molecule has 0 aromatic heterocycles. The largest absolute Gasteiger partial charge is 0.469 e. The van der Waals surface area contributed by atoms with E-state index in [0.717, 1.165) is 31.6 Å². The van der Waals surface area contributed by atoms with E-state index in [2.05, 4.69) is 5.32 Å². The van der Waals surface area contributed by atoms with Crippen molar-refractivity contribution in [3.63, 3.8) is 0 Å². The number of hydrogen-bond acceptors (Lipinski definition) is 3. The summed E-state index contributed by atoms with van der Waals surface area (Å²) in [5.74, 6) is -0.110. The van der Waals surface area contributed by atoms with E-state index in [1.165, 1.54) is 12.0 Å². The van der Waals surface area contributed by atoms with Gasteiger partial charge in [-0.3, -0.25) is 9.59 Å². The van der Waals surface area contributed by atoms with E-state index < -0.39 is 0 Å². The van der Waals surface area contributed by atoms with Crippen LogP contribution in [0.5, 0.6) is 0 Å². The second kappa shape index (κ2) is 7.05. The number of carbonyl (C=O) groups is 2. The lowest BCUT2D eigenvalue weighted by molar-refractivity contribution is -0.897. The van der Waals surface area contributed by atoms with Gasteiger partial charge in [0.2, 0.25) is 0 Å². The molecule has 1 aliphatic heterocycles. The Hall–Kier alpha value is -1.88. The van der Waals surface area contributed by atoms with Crippen LogP contribution in [-0.4, -0.2) is 38.6 Å². The van der Waals surface area contributed by atoms with Crippen molar-refractivity contribution in [2.24, 2.45) is 5.92 Å². The molecular weight excluding hydrogens is 256 g/mol. The van der Waals surface area contributed by atoms with Gasteiger partial charge in [0, 0.05) is 18.5 Å². The fraction of sp³-hybridized carbons (Fsp3) is 0.467. The molecule has 1 fully saturated rings. The molecule has 1 aliphatic rings. The van der Waals surface area contributed by atoms with Gasteiger partial charge in [0.05, 0.1) is 26.1 Å². The Morgan fingerprint density at radius 3 is 2.50 bits per heavy atom. The van der Waals surface area contributed by atoms with Gasteiger partial charge < -0.3 is 15.0 Å². The Bertz CT molecular complexity index is 453. The molecule has 0 saturated carbocycles. The summed E-state index contributed by atoms with van der Waals surface area (Å²) in [6, 6.07) is 9.45. The van der Waals surface area contributed by atoms with Crippen LogP contribution >= 0.6 is 0 Å². The van der Waals surface area contributed by atoms with Crippen LogP contribution in [0, 0.1) is 5.92 Å². The summed E-state index contributed by atoms with van der Waals surface area (Å²) in [4.78, 5) is 24.6. The molecule has 1 saturated heterocycles. The number of quaternary nitrogens is 1. The van der Waals surface area contributed by atoms with Gasteiger partial charge in [0.25, 0.3) is 5.91 Å². The predicted molar refractivity (Wildman–Crippen MR) is 75.4 cm³/mol. The lowest BCUT2D eigenvalue weighted by Gasteiger charge is -2.27. The number of rotatable bonds is 4. The molecule has 1 amide bonds. The highest BCUT2D eigenvalue weighted by Crippen LogP contribution is 2.11. The summed E-state index contributed by atoms with van der Waals surface area (Å²) in [7, 11) is 1.43. The predicted octanol–water partition coefficient (Wildman–Crippen LogP) is 0.0930. The Morgan fingerprint density at radius 2 is 1.90 bits per heavy atom. The zero-order valence-electron chi connectivity index (χ0n) is 11.7. The fourth-order valence-electron chi connectivity index (χ4n) is 2.56. The lowest BCUT2D eigenvalue weighted by atomic mass is 9.97. The number of ether oxygens (including phenoxy) is 1. The number of hydrogen-bond donors (Lipinski definition) is 2. The number of carbonyl (C=O) groups excluding carboxylic acids is 2. The van der Waals surface area contributed by atoms with E-state index in [9.17, 15) is 9.59 Å². The van der Waals surface area contributed by atoms with Gasteiger partial charge in [-0.2, -0.15) is 0 Å². The lowest BCUT2D eigenvalue weighted by Crippen LogP contribution is -3.14. The molecule has 1 aromatic rings. The fourth-order valence-corrected chi connectivity index (χ4v) is 2.56. The summed E-state index contributed by atoms with van der Waals surface area (Å²) in [5.41, 5.74) is 0.821. The van der Waals surface area contributed by atoms with Crippen molar-refractivity contribution in [2.45, 2.75) is 12.8 Å². The second-order valence-corrected chi connectivity index (χ2v) is 5.14. The third kappa shape index (κ3) is 4.06. The van der Waals surface area contributed by atoms with Gasteiger partial charge in [-0.05, 0) is 12.1 Å². The molecule has 0 unspecified atom stereocenters. The number of nitrogens with one attached hydrogen (secondary N) is 2. The summed E-state index contributed by atoms with van der Waals surface area (Å²) >= 11 is 0. The number of anilines is 1. The minimum Gasteiger partial charge on any atom is -0.469 e. The Labute approximate surface area is 118 Å². The number of likely N-dealkylation sites (tertiary alicyclic amines) is 1. The molecular formula is C15H21N2O3+. The number of benzene rings is 1. The molecule has 0 bridgehead atoms. The van der Waals surface area contributed by atoms with Gasteiger partial charge in [0.15, 0.2) is 6.54 Å². The Kier molecular flexibility index (Phi) is 5.12. The number of methoxy groups -OCH3 is 1. The van der Waals surface area contributed by atoms with Gasteiger partial charge in [-0.15, -0.1) is 0 Å². The van der Waals surface area contributed by atoms with Crippen molar-refractivity contribution in [3.05, 3.63) is 30.3 Å². The molecule has 20 heavy (non-hydrogen) atoms. The maximum atomic E-state index is 11.9. The van der Waals surface area contributed by atoms with Crippen LogP contribution in [0.15, 0.2) is 30.3 Å². The van der Waals surface area contributed by atoms with Crippen LogP contribution in [0.3, 0.4) is 0 Å².